The van der Waals surface area contributed by atoms with E-state index in [2.05, 4.69) is 50.2 Å². The molecule has 0 aliphatic carbocycles. The number of likely N-dealkylation sites (tertiary alicyclic amines) is 1. The van der Waals surface area contributed by atoms with Gasteiger partial charge in [-0.05, 0) is 59.8 Å². The average molecular weight is 316 g/mol. The molecule has 2 aliphatic rings. The van der Waals surface area contributed by atoms with E-state index in [9.17, 15) is 4.79 Å². The van der Waals surface area contributed by atoms with Crippen LogP contribution in [0.5, 0.6) is 5.75 Å². The Balaban J connectivity index is 1.76. The molecule has 0 spiro atoms. The van der Waals surface area contributed by atoms with Crippen molar-refractivity contribution in [2.45, 2.75) is 51.7 Å². The monoisotopic (exact) mass is 316 g/mol. The van der Waals surface area contributed by atoms with Gasteiger partial charge in [0.2, 0.25) is 5.91 Å². The van der Waals surface area contributed by atoms with Gasteiger partial charge >= 0.3 is 0 Å². The van der Waals surface area contributed by atoms with Crippen LogP contribution in [0.15, 0.2) is 18.2 Å². The van der Waals surface area contributed by atoms with Gasteiger partial charge in [-0.2, -0.15) is 0 Å². The zero-order valence-electron chi connectivity index (χ0n) is 14.7. The Labute approximate surface area is 139 Å². The van der Waals surface area contributed by atoms with Crippen molar-refractivity contribution in [1.29, 1.82) is 0 Å². The maximum atomic E-state index is 12.7. The van der Waals surface area contributed by atoms with E-state index >= 15 is 0 Å². The molecule has 1 aromatic carbocycles. The highest BCUT2D eigenvalue weighted by Gasteiger charge is 2.35. The Morgan fingerprint density at radius 2 is 2.00 bits per heavy atom. The lowest BCUT2D eigenvalue weighted by Crippen LogP contribution is -2.44. The lowest BCUT2D eigenvalue weighted by atomic mass is 9.88. The number of amides is 1. The number of aryl methyl sites for hydroxylation is 1. The van der Waals surface area contributed by atoms with E-state index in [4.69, 9.17) is 4.74 Å². The number of hydrogen-bond acceptors (Lipinski definition) is 3. The van der Waals surface area contributed by atoms with E-state index in [-0.39, 0.29) is 23.5 Å². The van der Waals surface area contributed by atoms with E-state index in [1.165, 1.54) is 5.56 Å². The number of nitrogens with zero attached hydrogens (tertiary/aromatic N) is 1. The van der Waals surface area contributed by atoms with Gasteiger partial charge in [-0.25, -0.2) is 0 Å². The number of piperidine rings is 1. The summed E-state index contributed by atoms with van der Waals surface area (Å²) < 4.78 is 6.09. The van der Waals surface area contributed by atoms with E-state index in [0.29, 0.717) is 0 Å². The van der Waals surface area contributed by atoms with Crippen molar-refractivity contribution >= 4 is 5.91 Å². The summed E-state index contributed by atoms with van der Waals surface area (Å²) in [6, 6.07) is 6.28. The summed E-state index contributed by atoms with van der Waals surface area (Å²) in [6.45, 7) is 8.27. The normalized spacial score (nSPS) is 24.6. The molecule has 4 heteroatoms. The zero-order valence-corrected chi connectivity index (χ0v) is 14.7. The van der Waals surface area contributed by atoms with E-state index in [0.717, 1.165) is 43.7 Å². The van der Waals surface area contributed by atoms with Crippen LogP contribution in [0.25, 0.3) is 0 Å². The van der Waals surface area contributed by atoms with Crippen molar-refractivity contribution in [1.82, 2.24) is 10.2 Å². The average Bonchev–Trinajstić information content (AvgIpc) is 2.48. The topological polar surface area (TPSA) is 41.6 Å². The third kappa shape index (κ3) is 3.69. The number of carbonyl (C=O) groups excluding carboxylic acids is 1. The fraction of sp³-hybridized carbons (Fsp3) is 0.632. The molecule has 0 aromatic heterocycles. The Morgan fingerprint density at radius 3 is 2.70 bits per heavy atom. The molecule has 1 amide bonds. The maximum absolute atomic E-state index is 12.7. The fourth-order valence-corrected chi connectivity index (χ4v) is 3.66. The van der Waals surface area contributed by atoms with Gasteiger partial charge in [-0.3, -0.25) is 4.79 Å². The zero-order chi connectivity index (χ0) is 16.6. The highest BCUT2D eigenvalue weighted by molar-refractivity contribution is 5.79. The molecule has 0 radical (unpaired) electrons. The van der Waals surface area contributed by atoms with Crippen LogP contribution in [-0.4, -0.2) is 36.5 Å². The van der Waals surface area contributed by atoms with Crippen molar-refractivity contribution in [3.05, 3.63) is 29.3 Å². The molecule has 1 saturated heterocycles. The van der Waals surface area contributed by atoms with Crippen molar-refractivity contribution in [2.24, 2.45) is 5.92 Å². The van der Waals surface area contributed by atoms with Gasteiger partial charge in [-0.15, -0.1) is 0 Å². The standard InChI is InChI=1S/C19H28N2O2/c1-13-5-6-17-15(11-13)16(12-19(2,3)23-17)20-18(22)14-7-9-21(4)10-8-14/h5-6,11,14,16H,7-10,12H2,1-4H3,(H,20,22). The van der Waals surface area contributed by atoms with Gasteiger partial charge in [0.05, 0.1) is 6.04 Å². The summed E-state index contributed by atoms with van der Waals surface area (Å²) in [7, 11) is 2.12. The van der Waals surface area contributed by atoms with E-state index < -0.39 is 0 Å². The smallest absolute Gasteiger partial charge is 0.223 e. The molecule has 126 valence electrons. The molecular formula is C19H28N2O2. The molecule has 4 nitrogen and oxygen atoms in total. The Bertz CT molecular complexity index is 589. The van der Waals surface area contributed by atoms with Crippen molar-refractivity contribution in [3.8, 4) is 5.75 Å². The number of hydrogen-bond donors (Lipinski definition) is 1. The Kier molecular flexibility index (Phi) is 4.37. The number of carbonyl (C=O) groups is 1. The number of benzene rings is 1. The number of nitrogens with one attached hydrogen (secondary N) is 1. The highest BCUT2D eigenvalue weighted by Crippen LogP contribution is 2.40. The Hall–Kier alpha value is -1.55. The van der Waals surface area contributed by atoms with E-state index in [1.807, 2.05) is 6.07 Å². The van der Waals surface area contributed by atoms with Crippen LogP contribution in [0.2, 0.25) is 0 Å². The first-order valence-corrected chi connectivity index (χ1v) is 8.62. The van der Waals surface area contributed by atoms with Gasteiger partial charge in [0, 0.05) is 17.9 Å². The molecule has 1 aromatic rings. The molecule has 1 fully saturated rings. The third-order valence-electron chi connectivity index (χ3n) is 5.03. The SMILES string of the molecule is Cc1ccc2c(c1)C(NC(=O)C1CCN(C)CC1)CC(C)(C)O2. The van der Waals surface area contributed by atoms with Crippen LogP contribution in [0.3, 0.4) is 0 Å². The molecule has 3 rings (SSSR count). The van der Waals surface area contributed by atoms with Crippen LogP contribution in [0.1, 0.15) is 50.3 Å². The molecule has 2 heterocycles. The summed E-state index contributed by atoms with van der Waals surface area (Å²) >= 11 is 0. The number of ether oxygens (including phenoxy) is 1. The minimum atomic E-state index is -0.257. The van der Waals surface area contributed by atoms with Gasteiger partial charge < -0.3 is 15.0 Å². The maximum Gasteiger partial charge on any atom is 0.223 e. The van der Waals surface area contributed by atoms with Crippen LogP contribution in [0.4, 0.5) is 0 Å². The summed E-state index contributed by atoms with van der Waals surface area (Å²) in [6.07, 6.45) is 2.72. The van der Waals surface area contributed by atoms with Crippen LogP contribution >= 0.6 is 0 Å². The predicted molar refractivity (Wildman–Crippen MR) is 91.6 cm³/mol. The van der Waals surface area contributed by atoms with Crippen LogP contribution in [-0.2, 0) is 4.79 Å². The van der Waals surface area contributed by atoms with E-state index in [1.54, 1.807) is 0 Å². The first-order chi connectivity index (χ1) is 10.8. The molecule has 1 N–H and O–H groups in total. The van der Waals surface area contributed by atoms with Gasteiger partial charge in [0.1, 0.15) is 11.4 Å². The first kappa shape index (κ1) is 16.3. The molecule has 1 atom stereocenters. The molecule has 0 saturated carbocycles. The Morgan fingerprint density at radius 1 is 1.30 bits per heavy atom. The van der Waals surface area contributed by atoms with Crippen LogP contribution < -0.4 is 10.1 Å². The second-order valence-electron chi connectivity index (χ2n) is 7.75. The largest absolute Gasteiger partial charge is 0.487 e. The molecule has 0 bridgehead atoms. The lowest BCUT2D eigenvalue weighted by Gasteiger charge is -2.39. The number of rotatable bonds is 2. The third-order valence-corrected chi connectivity index (χ3v) is 5.03. The summed E-state index contributed by atoms with van der Waals surface area (Å²) in [5.74, 6) is 1.25. The highest BCUT2D eigenvalue weighted by atomic mass is 16.5. The molecule has 2 aliphatic heterocycles. The lowest BCUT2D eigenvalue weighted by molar-refractivity contribution is -0.127. The molecule has 1 unspecified atom stereocenters. The summed E-state index contributed by atoms with van der Waals surface area (Å²) in [5, 5.41) is 3.30. The van der Waals surface area contributed by atoms with Crippen molar-refractivity contribution in [2.75, 3.05) is 20.1 Å². The summed E-state index contributed by atoms with van der Waals surface area (Å²) in [4.78, 5) is 15.0. The van der Waals surface area contributed by atoms with Crippen molar-refractivity contribution < 1.29 is 9.53 Å². The minimum absolute atomic E-state index is 0.0424. The van der Waals surface area contributed by atoms with Gasteiger partial charge in [0.15, 0.2) is 0 Å². The summed E-state index contributed by atoms with van der Waals surface area (Å²) in [5.41, 5.74) is 2.06. The van der Waals surface area contributed by atoms with Gasteiger partial charge in [-0.1, -0.05) is 17.7 Å². The molecular weight excluding hydrogens is 288 g/mol. The van der Waals surface area contributed by atoms with Gasteiger partial charge in [0.25, 0.3) is 0 Å². The quantitative estimate of drug-likeness (QED) is 0.912. The first-order valence-electron chi connectivity index (χ1n) is 8.62. The second-order valence-corrected chi connectivity index (χ2v) is 7.75. The fourth-order valence-electron chi connectivity index (χ4n) is 3.66. The predicted octanol–water partition coefficient (Wildman–Crippen LogP) is 3.06. The number of fused-ring (bicyclic) bond motifs is 1. The minimum Gasteiger partial charge on any atom is -0.487 e. The van der Waals surface area contributed by atoms with Crippen molar-refractivity contribution in [3.63, 3.8) is 0 Å². The second kappa shape index (κ2) is 6.16. The molecule has 23 heavy (non-hydrogen) atoms. The van der Waals surface area contributed by atoms with Crippen LogP contribution in [0, 0.1) is 12.8 Å².